The molecule has 0 spiro atoms. The van der Waals surface area contributed by atoms with E-state index in [1.54, 1.807) is 29.4 Å². The minimum Gasteiger partial charge on any atom is -0.338 e. The molecule has 1 aliphatic rings. The lowest BCUT2D eigenvalue weighted by atomic mass is 10.1. The molecule has 2 rings (SSSR count). The van der Waals surface area contributed by atoms with Gasteiger partial charge in [0, 0.05) is 37.6 Å². The van der Waals surface area contributed by atoms with E-state index in [1.807, 2.05) is 6.07 Å². The van der Waals surface area contributed by atoms with Gasteiger partial charge in [-0.3, -0.25) is 9.78 Å². The van der Waals surface area contributed by atoms with Crippen LogP contribution in [0.1, 0.15) is 18.4 Å². The first-order valence-corrected chi connectivity index (χ1v) is 8.67. The lowest BCUT2D eigenvalue weighted by molar-refractivity contribution is -0.127. The summed E-state index contributed by atoms with van der Waals surface area (Å²) in [5.41, 5.74) is 0.855. The quantitative estimate of drug-likeness (QED) is 0.828. The maximum Gasteiger partial charge on any atom is 0.246 e. The van der Waals surface area contributed by atoms with E-state index in [1.165, 1.54) is 6.08 Å². The first-order valence-electron chi connectivity index (χ1n) is 6.78. The SMILES string of the molecule is CS(=O)(=O)NC1CCCN(C(=O)C=Cc2cccnc2)C1. The highest BCUT2D eigenvalue weighted by Gasteiger charge is 2.24. The number of piperidine rings is 1. The van der Waals surface area contributed by atoms with Crippen LogP contribution in [0.2, 0.25) is 0 Å². The summed E-state index contributed by atoms with van der Waals surface area (Å²) >= 11 is 0. The van der Waals surface area contributed by atoms with Crippen molar-refractivity contribution in [1.29, 1.82) is 0 Å². The third-order valence-corrected chi connectivity index (χ3v) is 3.98. The average Bonchev–Trinajstić information content (AvgIpc) is 2.44. The van der Waals surface area contributed by atoms with Gasteiger partial charge in [0.25, 0.3) is 0 Å². The summed E-state index contributed by atoms with van der Waals surface area (Å²) in [5, 5.41) is 0. The van der Waals surface area contributed by atoms with Crippen molar-refractivity contribution in [3.63, 3.8) is 0 Å². The third-order valence-electron chi connectivity index (χ3n) is 3.22. The number of hydrogen-bond donors (Lipinski definition) is 1. The van der Waals surface area contributed by atoms with Gasteiger partial charge in [-0.25, -0.2) is 13.1 Å². The van der Waals surface area contributed by atoms with Crippen molar-refractivity contribution in [3.05, 3.63) is 36.2 Å². The van der Waals surface area contributed by atoms with Gasteiger partial charge >= 0.3 is 0 Å². The van der Waals surface area contributed by atoms with E-state index >= 15 is 0 Å². The molecule has 2 heterocycles. The minimum atomic E-state index is -3.24. The molecule has 114 valence electrons. The van der Waals surface area contributed by atoms with Crippen LogP contribution in [0.3, 0.4) is 0 Å². The van der Waals surface area contributed by atoms with Crippen LogP contribution in [0.25, 0.3) is 6.08 Å². The van der Waals surface area contributed by atoms with Crippen molar-refractivity contribution >= 4 is 22.0 Å². The summed E-state index contributed by atoms with van der Waals surface area (Å²) in [6.07, 6.45) is 9.24. The topological polar surface area (TPSA) is 79.4 Å². The normalized spacial score (nSPS) is 19.9. The maximum atomic E-state index is 12.1. The number of pyridine rings is 1. The minimum absolute atomic E-state index is 0.112. The maximum absolute atomic E-state index is 12.1. The van der Waals surface area contributed by atoms with Crippen molar-refractivity contribution in [2.75, 3.05) is 19.3 Å². The zero-order valence-electron chi connectivity index (χ0n) is 11.9. The summed E-state index contributed by atoms with van der Waals surface area (Å²) in [7, 11) is -3.24. The van der Waals surface area contributed by atoms with E-state index < -0.39 is 10.0 Å². The molecule has 0 saturated carbocycles. The van der Waals surface area contributed by atoms with Gasteiger partial charge in [0.15, 0.2) is 0 Å². The highest BCUT2D eigenvalue weighted by molar-refractivity contribution is 7.88. The molecule has 21 heavy (non-hydrogen) atoms. The van der Waals surface area contributed by atoms with Gasteiger partial charge in [0.1, 0.15) is 0 Å². The molecule has 1 unspecified atom stereocenters. The summed E-state index contributed by atoms with van der Waals surface area (Å²) in [6, 6.07) is 3.46. The average molecular weight is 309 g/mol. The molecule has 1 atom stereocenters. The molecular formula is C14H19N3O3S. The molecule has 1 aromatic heterocycles. The van der Waals surface area contributed by atoms with Crippen LogP contribution in [0.5, 0.6) is 0 Å². The molecule has 1 aliphatic heterocycles. The Hall–Kier alpha value is -1.73. The first kappa shape index (κ1) is 15.7. The summed E-state index contributed by atoms with van der Waals surface area (Å²) in [6.45, 7) is 1.06. The molecule has 7 heteroatoms. The van der Waals surface area contributed by atoms with Gasteiger partial charge < -0.3 is 4.90 Å². The number of amides is 1. The zero-order valence-corrected chi connectivity index (χ0v) is 12.7. The monoisotopic (exact) mass is 309 g/mol. The Morgan fingerprint density at radius 2 is 2.33 bits per heavy atom. The molecule has 1 N–H and O–H groups in total. The molecule has 1 saturated heterocycles. The standard InChI is InChI=1S/C14H19N3O3S/c1-21(19,20)16-13-5-3-9-17(11-13)14(18)7-6-12-4-2-8-15-10-12/h2,4,6-8,10,13,16H,3,5,9,11H2,1H3. The summed E-state index contributed by atoms with van der Waals surface area (Å²) in [5.74, 6) is -0.112. The van der Waals surface area contributed by atoms with Crippen LogP contribution >= 0.6 is 0 Å². The van der Waals surface area contributed by atoms with E-state index in [4.69, 9.17) is 0 Å². The van der Waals surface area contributed by atoms with Gasteiger partial charge in [-0.2, -0.15) is 0 Å². The highest BCUT2D eigenvalue weighted by atomic mass is 32.2. The number of carbonyl (C=O) groups excluding carboxylic acids is 1. The van der Waals surface area contributed by atoms with Crippen molar-refractivity contribution < 1.29 is 13.2 Å². The zero-order chi connectivity index (χ0) is 15.3. The second-order valence-corrected chi connectivity index (χ2v) is 6.91. The van der Waals surface area contributed by atoms with Crippen LogP contribution in [-0.4, -0.2) is 49.6 Å². The smallest absolute Gasteiger partial charge is 0.246 e. The largest absolute Gasteiger partial charge is 0.338 e. The van der Waals surface area contributed by atoms with Crippen LogP contribution in [0.4, 0.5) is 0 Å². The van der Waals surface area contributed by atoms with Crippen molar-refractivity contribution in [1.82, 2.24) is 14.6 Å². The molecule has 1 fully saturated rings. The van der Waals surface area contributed by atoms with Crippen molar-refractivity contribution in [2.24, 2.45) is 0 Å². The second kappa shape index (κ2) is 6.82. The van der Waals surface area contributed by atoms with Gasteiger partial charge in [0.2, 0.25) is 15.9 Å². The number of sulfonamides is 1. The Balaban J connectivity index is 1.94. The van der Waals surface area contributed by atoms with Crippen molar-refractivity contribution in [3.8, 4) is 0 Å². The number of hydrogen-bond acceptors (Lipinski definition) is 4. The Morgan fingerprint density at radius 1 is 1.52 bits per heavy atom. The predicted molar refractivity (Wildman–Crippen MR) is 80.9 cm³/mol. The van der Waals surface area contributed by atoms with Crippen LogP contribution in [-0.2, 0) is 14.8 Å². The van der Waals surface area contributed by atoms with Gasteiger partial charge in [-0.1, -0.05) is 6.07 Å². The van der Waals surface area contributed by atoms with E-state index in [0.717, 1.165) is 24.7 Å². The second-order valence-electron chi connectivity index (χ2n) is 5.13. The van der Waals surface area contributed by atoms with Gasteiger partial charge in [-0.15, -0.1) is 0 Å². The predicted octanol–water partition coefficient (Wildman–Crippen LogP) is 0.635. The number of aromatic nitrogens is 1. The molecule has 6 nitrogen and oxygen atoms in total. The Labute approximate surface area is 124 Å². The highest BCUT2D eigenvalue weighted by Crippen LogP contribution is 2.12. The van der Waals surface area contributed by atoms with E-state index in [2.05, 4.69) is 9.71 Å². The molecule has 1 amide bonds. The van der Waals surface area contributed by atoms with Crippen molar-refractivity contribution in [2.45, 2.75) is 18.9 Å². The third kappa shape index (κ3) is 5.28. The molecule has 0 aliphatic carbocycles. The number of carbonyl (C=O) groups is 1. The number of nitrogens with one attached hydrogen (secondary N) is 1. The fraction of sp³-hybridized carbons (Fsp3) is 0.429. The summed E-state index contributed by atoms with van der Waals surface area (Å²) in [4.78, 5) is 17.8. The van der Waals surface area contributed by atoms with E-state index in [9.17, 15) is 13.2 Å². The van der Waals surface area contributed by atoms with Crippen LogP contribution < -0.4 is 4.72 Å². The Morgan fingerprint density at radius 3 is 3.00 bits per heavy atom. The lowest BCUT2D eigenvalue weighted by Gasteiger charge is -2.32. The lowest BCUT2D eigenvalue weighted by Crippen LogP contribution is -2.48. The number of rotatable bonds is 4. The number of nitrogens with zero attached hydrogens (tertiary/aromatic N) is 2. The molecule has 0 aromatic carbocycles. The first-order chi connectivity index (χ1) is 9.94. The molecule has 0 bridgehead atoms. The molecule has 1 aromatic rings. The van der Waals surface area contributed by atoms with E-state index in [-0.39, 0.29) is 11.9 Å². The summed E-state index contributed by atoms with van der Waals surface area (Å²) < 4.78 is 25.1. The van der Waals surface area contributed by atoms with Crippen LogP contribution in [0.15, 0.2) is 30.6 Å². The molecular weight excluding hydrogens is 290 g/mol. The Bertz CT molecular complexity index is 614. The van der Waals surface area contributed by atoms with Crippen LogP contribution in [0, 0.1) is 0 Å². The fourth-order valence-corrected chi connectivity index (χ4v) is 3.12. The van der Waals surface area contributed by atoms with Gasteiger partial charge in [-0.05, 0) is 30.5 Å². The number of likely N-dealkylation sites (tertiary alicyclic amines) is 1. The van der Waals surface area contributed by atoms with Gasteiger partial charge in [0.05, 0.1) is 6.26 Å². The molecule has 0 radical (unpaired) electrons. The Kier molecular flexibility index (Phi) is 5.08. The fourth-order valence-electron chi connectivity index (χ4n) is 2.32. The van der Waals surface area contributed by atoms with E-state index in [0.29, 0.717) is 13.1 Å².